The van der Waals surface area contributed by atoms with Crippen LogP contribution in [0, 0.1) is 20.2 Å². The molecule has 6 N–H and O–H groups in total. The quantitative estimate of drug-likeness (QED) is 0.410. The summed E-state index contributed by atoms with van der Waals surface area (Å²) in [7, 11) is 0. The fourth-order valence-electron chi connectivity index (χ4n) is 0.498. The summed E-state index contributed by atoms with van der Waals surface area (Å²) in [5.41, 5.74) is 3.15. The molecule has 12 nitrogen and oxygen atoms in total. The van der Waals surface area contributed by atoms with Crippen molar-refractivity contribution in [3.05, 3.63) is 20.2 Å². The van der Waals surface area contributed by atoms with Gasteiger partial charge in [0.2, 0.25) is 0 Å². The van der Waals surface area contributed by atoms with Crippen molar-refractivity contribution < 1.29 is 10.1 Å². The summed E-state index contributed by atoms with van der Waals surface area (Å²) >= 11 is 0. The zero-order valence-electron chi connectivity index (χ0n) is 6.87. The maximum absolute atomic E-state index is 9.83. The number of anilines is 2. The van der Waals surface area contributed by atoms with Crippen molar-refractivity contribution in [1.29, 1.82) is 0 Å². The first-order valence-corrected chi connectivity index (χ1v) is 2.77. The first-order valence-electron chi connectivity index (χ1n) is 2.77. The number of nitrogens with zero attached hydrogens (tertiary/aromatic N) is 5. The van der Waals surface area contributed by atoms with Crippen LogP contribution in [0.1, 0.15) is 0 Å². The fourth-order valence-corrected chi connectivity index (χ4v) is 0.498. The average molecular weight is 206 g/mol. The average Bonchev–Trinajstić information content (AvgIpc) is 2.33. The van der Waals surface area contributed by atoms with E-state index in [1.165, 1.54) is 0 Å². The van der Waals surface area contributed by atoms with Gasteiger partial charge in [0.05, 0.1) is 0 Å². The van der Waals surface area contributed by atoms with Crippen molar-refractivity contribution in [2.45, 2.75) is 0 Å². The Morgan fingerprint density at radius 3 is 1.71 bits per heavy atom. The van der Waals surface area contributed by atoms with Crippen LogP contribution in [0.3, 0.4) is 0 Å². The lowest BCUT2D eigenvalue weighted by atomic mass is 11.0. The van der Waals surface area contributed by atoms with Crippen LogP contribution < -0.4 is 22.0 Å². The lowest BCUT2D eigenvalue weighted by Gasteiger charge is -1.93. The zero-order valence-corrected chi connectivity index (χ0v) is 6.87. The van der Waals surface area contributed by atoms with E-state index in [0.717, 1.165) is 0 Å². The minimum Gasteiger partial charge on any atom is -0.369 e. The summed E-state index contributed by atoms with van der Waals surface area (Å²) in [5.74, 6) is -0.844. The van der Waals surface area contributed by atoms with E-state index in [-0.39, 0.29) is 6.15 Å². The number of nitrogens with one attached hydrogen (secondary N) is 2. The molecule has 78 valence electrons. The second-order valence-electron chi connectivity index (χ2n) is 1.70. The van der Waals surface area contributed by atoms with E-state index >= 15 is 0 Å². The van der Waals surface area contributed by atoms with Gasteiger partial charge >= 0.3 is 0 Å². The number of hydrogen-bond acceptors (Lipinski definition) is 6. The first-order chi connectivity index (χ1) is 6.08. The van der Waals surface area contributed by atoms with Gasteiger partial charge in [0.15, 0.2) is 11.9 Å². The van der Waals surface area contributed by atoms with Gasteiger partial charge in [-0.25, -0.2) is 30.4 Å². The molecule has 1 aromatic heterocycles. The van der Waals surface area contributed by atoms with Crippen molar-refractivity contribution in [2.24, 2.45) is 0 Å². The Labute approximate surface area is 75.5 Å². The van der Waals surface area contributed by atoms with Crippen LogP contribution >= 0.6 is 0 Å². The van der Waals surface area contributed by atoms with Crippen molar-refractivity contribution >= 4 is 11.9 Å². The molecule has 0 aliphatic carbocycles. The Morgan fingerprint density at radius 1 is 1.07 bits per heavy atom. The number of aromatic nitrogens is 3. The maximum Gasteiger partial charge on any atom is 0.173 e. The van der Waals surface area contributed by atoms with Crippen LogP contribution in [-0.2, 0) is 0 Å². The molecule has 0 bridgehead atoms. The smallest absolute Gasteiger partial charge is 0.173 e. The Balaban J connectivity index is 0.00000169. The molecule has 12 heteroatoms. The van der Waals surface area contributed by atoms with Gasteiger partial charge in [-0.05, 0) is 0 Å². The fraction of sp³-hybridized carbons (Fsp3) is 0. The summed E-state index contributed by atoms with van der Waals surface area (Å²) < 4.78 is 0. The number of quaternary nitrogens is 1. The lowest BCUT2D eigenvalue weighted by molar-refractivity contribution is -0.447. The Bertz CT molecular complexity index is 301. The molecule has 0 saturated heterocycles. The molecule has 0 radical (unpaired) electrons. The molecule has 0 aliphatic heterocycles. The first kappa shape index (κ1) is 11.5. The van der Waals surface area contributed by atoms with E-state index in [0.29, 0.717) is 0 Å². The molecule has 1 rings (SSSR count). The third kappa shape index (κ3) is 3.26. The molecule has 0 unspecified atom stereocenters. The highest BCUT2D eigenvalue weighted by atomic mass is 16.7. The largest absolute Gasteiger partial charge is 0.369 e. The van der Waals surface area contributed by atoms with Gasteiger partial charge in [0.1, 0.15) is 10.1 Å². The summed E-state index contributed by atoms with van der Waals surface area (Å²) in [5, 5.41) is 24.1. The molecule has 0 spiro atoms. The van der Waals surface area contributed by atoms with E-state index in [1.54, 1.807) is 10.9 Å². The van der Waals surface area contributed by atoms with Crippen molar-refractivity contribution in [3.8, 4) is 0 Å². The van der Waals surface area contributed by atoms with Gasteiger partial charge < -0.3 is 6.15 Å². The van der Waals surface area contributed by atoms with Crippen molar-refractivity contribution in [3.63, 3.8) is 0 Å². The monoisotopic (exact) mass is 206 g/mol. The molecule has 1 heterocycles. The number of nitro groups is 2. The Kier molecular flexibility index (Phi) is 3.70. The summed E-state index contributed by atoms with van der Waals surface area (Å²) in [6.45, 7) is 0. The minimum atomic E-state index is -0.910. The molecule has 0 fully saturated rings. The van der Waals surface area contributed by atoms with Gasteiger partial charge in [0, 0.05) is 0 Å². The van der Waals surface area contributed by atoms with Crippen molar-refractivity contribution in [2.75, 3.05) is 10.9 Å². The topological polar surface area (TPSA) is 187 Å². The molecule has 0 saturated carbocycles. The van der Waals surface area contributed by atoms with E-state index in [4.69, 9.17) is 0 Å². The third-order valence-corrected chi connectivity index (χ3v) is 0.834. The predicted molar refractivity (Wildman–Crippen MR) is 42.6 cm³/mol. The lowest BCUT2D eigenvalue weighted by Crippen LogP contribution is -2.11. The second kappa shape index (κ2) is 4.51. The SMILES string of the molecule is O=[N+]([O-])Nc1nnc(N[N+](=O)[O-])[n-]1.[NH4+]. The number of hydrogen-bond donors (Lipinski definition) is 3. The van der Waals surface area contributed by atoms with Crippen LogP contribution in [0.4, 0.5) is 11.9 Å². The van der Waals surface area contributed by atoms with Gasteiger partial charge in [-0.3, -0.25) is 4.98 Å². The standard InChI is InChI=1S/C2H2N7O4.H3N/c10-8(11)6-1-3-2(5-4-1)7-9(12)13;/h(H2-,3,4,5,6,7);1H3/q-1;/p+1. The minimum absolute atomic E-state index is 0. The van der Waals surface area contributed by atoms with E-state index in [1.807, 2.05) is 0 Å². The molecule has 1 aromatic rings. The highest BCUT2D eigenvalue weighted by Crippen LogP contribution is 1.99. The summed E-state index contributed by atoms with van der Waals surface area (Å²) in [6.07, 6.45) is 0. The molecule has 0 atom stereocenters. The second-order valence-corrected chi connectivity index (χ2v) is 1.70. The van der Waals surface area contributed by atoms with Gasteiger partial charge in [-0.2, -0.15) is 0 Å². The summed E-state index contributed by atoms with van der Waals surface area (Å²) in [4.78, 5) is 22.9. The van der Waals surface area contributed by atoms with E-state index < -0.39 is 22.0 Å². The molecule has 14 heavy (non-hydrogen) atoms. The highest BCUT2D eigenvalue weighted by Gasteiger charge is 2.01. The van der Waals surface area contributed by atoms with Crippen LogP contribution in [0.25, 0.3) is 0 Å². The number of hydrazine groups is 2. The normalized spacial score (nSPS) is 8.57. The molecular weight excluding hydrogens is 200 g/mol. The van der Waals surface area contributed by atoms with E-state index in [9.17, 15) is 20.2 Å². The Hall–Kier alpha value is -2.50. The maximum atomic E-state index is 9.83. The van der Waals surface area contributed by atoms with Crippen LogP contribution in [0.5, 0.6) is 0 Å². The van der Waals surface area contributed by atoms with Crippen LogP contribution in [0.2, 0.25) is 0 Å². The molecule has 0 aliphatic rings. The third-order valence-electron chi connectivity index (χ3n) is 0.834. The van der Waals surface area contributed by atoms with Crippen LogP contribution in [0.15, 0.2) is 0 Å². The van der Waals surface area contributed by atoms with Crippen molar-refractivity contribution in [1.82, 2.24) is 21.3 Å². The predicted octanol–water partition coefficient (Wildman–Crippen LogP) is -0.983. The molecule has 0 amide bonds. The Morgan fingerprint density at radius 2 is 1.43 bits per heavy atom. The number of rotatable bonds is 4. The summed E-state index contributed by atoms with van der Waals surface area (Å²) in [6, 6.07) is 0. The zero-order chi connectivity index (χ0) is 9.84. The molecule has 0 aromatic carbocycles. The van der Waals surface area contributed by atoms with Gasteiger partial charge in [-0.15, -0.1) is 10.9 Å². The van der Waals surface area contributed by atoms with E-state index in [2.05, 4.69) is 15.2 Å². The highest BCUT2D eigenvalue weighted by molar-refractivity contribution is 5.28. The van der Waals surface area contributed by atoms with Crippen LogP contribution in [-0.4, -0.2) is 20.3 Å². The molecular formula is C2H6N8O4. The van der Waals surface area contributed by atoms with Gasteiger partial charge in [0.25, 0.3) is 0 Å². The van der Waals surface area contributed by atoms with Gasteiger partial charge in [-0.1, -0.05) is 0 Å².